The largest absolute Gasteiger partial charge is 0.212 e. The average Bonchev–Trinajstić information content (AvgIpc) is 2.66. The molecule has 0 bridgehead atoms. The molecule has 1 aromatic heterocycles. The maximum atomic E-state index is 7.70. The smallest absolute Gasteiger partial charge is 0.201 e. The molecule has 1 heteroatoms. The molecule has 0 unspecified atom stereocenters. The second-order valence-corrected chi connectivity index (χ2v) is 8.63. The Bertz CT molecular complexity index is 874. The third kappa shape index (κ3) is 3.72. The quantitative estimate of drug-likeness (QED) is 0.517. The van der Waals surface area contributed by atoms with Gasteiger partial charge in [0.1, 0.15) is 7.05 Å². The van der Waals surface area contributed by atoms with Gasteiger partial charge in [-0.15, -0.1) is 0 Å². The molecular weight excluding hydrogens is 314 g/mol. The summed E-state index contributed by atoms with van der Waals surface area (Å²) in [5.74, 6) is 0. The van der Waals surface area contributed by atoms with E-state index in [9.17, 15) is 0 Å². The molecule has 142 valence electrons. The molecule has 2 rings (SSSR count). The van der Waals surface area contributed by atoms with Crippen LogP contribution in [0.15, 0.2) is 30.5 Å². The molecule has 0 aliphatic rings. The minimum Gasteiger partial charge on any atom is -0.201 e. The lowest BCUT2D eigenvalue weighted by molar-refractivity contribution is -0.661. The molecular formula is C25H38N+. The van der Waals surface area contributed by atoms with Gasteiger partial charge < -0.3 is 0 Å². The zero-order chi connectivity index (χ0) is 22.2. The van der Waals surface area contributed by atoms with Crippen molar-refractivity contribution in [2.45, 2.75) is 85.4 Å². The Hall–Kier alpha value is -1.63. The second kappa shape index (κ2) is 7.55. The molecule has 0 spiro atoms. The Kier molecular flexibility index (Phi) is 4.80. The van der Waals surface area contributed by atoms with E-state index in [1.807, 2.05) is 19.1 Å². The Morgan fingerprint density at radius 1 is 0.962 bits per heavy atom. The standard InChI is InChI=1S/C25H38N/c1-10-24(6,7)22-17-26(9)23(16-21(22)25(8,11-2)12-3)20-14-13-18(4)15-19(20)5/h13-17H,10-12H2,1-9H3/q+1/i4D3. The Labute approximate surface area is 165 Å². The van der Waals surface area contributed by atoms with E-state index in [-0.39, 0.29) is 10.8 Å². The van der Waals surface area contributed by atoms with Crippen molar-refractivity contribution < 1.29 is 8.68 Å². The van der Waals surface area contributed by atoms with Crippen LogP contribution in [0.5, 0.6) is 0 Å². The van der Waals surface area contributed by atoms with E-state index in [0.717, 1.165) is 36.1 Å². The Morgan fingerprint density at radius 3 is 2.12 bits per heavy atom. The molecule has 0 aliphatic heterocycles. The lowest BCUT2D eigenvalue weighted by atomic mass is 9.69. The summed E-state index contributed by atoms with van der Waals surface area (Å²) < 4.78 is 25.3. The van der Waals surface area contributed by atoms with E-state index in [2.05, 4.69) is 65.4 Å². The zero-order valence-electron chi connectivity index (χ0n) is 21.0. The van der Waals surface area contributed by atoms with Crippen molar-refractivity contribution in [1.82, 2.24) is 0 Å². The van der Waals surface area contributed by atoms with E-state index in [0.29, 0.717) is 5.56 Å². The van der Waals surface area contributed by atoms with Gasteiger partial charge in [-0.3, -0.25) is 0 Å². The van der Waals surface area contributed by atoms with Crippen LogP contribution in [0.2, 0.25) is 0 Å². The highest BCUT2D eigenvalue weighted by atomic mass is 14.9. The van der Waals surface area contributed by atoms with Gasteiger partial charge in [0.05, 0.1) is 0 Å². The molecule has 0 radical (unpaired) electrons. The van der Waals surface area contributed by atoms with Gasteiger partial charge in [-0.1, -0.05) is 59.2 Å². The fraction of sp³-hybridized carbons (Fsp3) is 0.560. The number of aromatic nitrogens is 1. The van der Waals surface area contributed by atoms with Gasteiger partial charge in [0.2, 0.25) is 5.69 Å². The van der Waals surface area contributed by atoms with Crippen LogP contribution in [0, 0.1) is 13.8 Å². The Balaban J connectivity index is 2.79. The summed E-state index contributed by atoms with van der Waals surface area (Å²) in [5.41, 5.74) is 6.66. The van der Waals surface area contributed by atoms with E-state index in [4.69, 9.17) is 4.11 Å². The third-order valence-electron chi connectivity index (χ3n) is 6.60. The van der Waals surface area contributed by atoms with Crippen LogP contribution in [0.25, 0.3) is 11.3 Å². The molecule has 2 aromatic rings. The number of pyridine rings is 1. The van der Waals surface area contributed by atoms with Crippen LogP contribution < -0.4 is 4.57 Å². The summed E-state index contributed by atoms with van der Waals surface area (Å²) in [6, 6.07) is 7.88. The van der Waals surface area contributed by atoms with Gasteiger partial charge in [-0.05, 0) is 61.1 Å². The summed E-state index contributed by atoms with van der Waals surface area (Å²) in [6.07, 6.45) is 5.55. The summed E-state index contributed by atoms with van der Waals surface area (Å²) in [7, 11) is 2.10. The van der Waals surface area contributed by atoms with Gasteiger partial charge in [-0.2, -0.15) is 0 Å². The molecule has 26 heavy (non-hydrogen) atoms. The topological polar surface area (TPSA) is 3.88 Å². The maximum absolute atomic E-state index is 7.70. The van der Waals surface area contributed by atoms with Crippen molar-refractivity contribution in [3.05, 3.63) is 52.7 Å². The fourth-order valence-corrected chi connectivity index (χ4v) is 3.73. The highest BCUT2D eigenvalue weighted by Crippen LogP contribution is 2.40. The monoisotopic (exact) mass is 355 g/mol. The van der Waals surface area contributed by atoms with Crippen LogP contribution in [-0.4, -0.2) is 0 Å². The number of rotatable bonds is 6. The first-order chi connectivity index (χ1) is 13.3. The molecule has 1 aromatic carbocycles. The van der Waals surface area contributed by atoms with E-state index >= 15 is 0 Å². The van der Waals surface area contributed by atoms with E-state index in [1.54, 1.807) is 6.07 Å². The van der Waals surface area contributed by atoms with Crippen LogP contribution >= 0.6 is 0 Å². The third-order valence-corrected chi connectivity index (χ3v) is 6.60. The number of hydrogen-bond acceptors (Lipinski definition) is 0. The molecule has 0 N–H and O–H groups in total. The number of hydrogen-bond donors (Lipinski definition) is 0. The summed E-state index contributed by atoms with van der Waals surface area (Å²) in [4.78, 5) is 0. The first-order valence-corrected chi connectivity index (χ1v) is 9.97. The van der Waals surface area contributed by atoms with Crippen molar-refractivity contribution in [2.24, 2.45) is 7.05 Å². The SMILES string of the molecule is [2H]C([2H])([2H])c1ccc(-c2cc(C(C)(CC)CC)c(C(C)(C)CC)c[n+]2C)c(C)c1. The number of aryl methyl sites for hydroxylation is 3. The summed E-state index contributed by atoms with van der Waals surface area (Å²) in [5, 5.41) is 0. The van der Waals surface area contributed by atoms with Gasteiger partial charge in [0, 0.05) is 21.3 Å². The van der Waals surface area contributed by atoms with Gasteiger partial charge in [0.25, 0.3) is 0 Å². The van der Waals surface area contributed by atoms with Gasteiger partial charge in [0.15, 0.2) is 6.20 Å². The lowest BCUT2D eigenvalue weighted by Gasteiger charge is -2.34. The van der Waals surface area contributed by atoms with Crippen molar-refractivity contribution >= 4 is 0 Å². The van der Waals surface area contributed by atoms with Gasteiger partial charge in [-0.25, -0.2) is 4.57 Å². The predicted molar refractivity (Wildman–Crippen MR) is 114 cm³/mol. The molecule has 0 atom stereocenters. The molecule has 1 heterocycles. The molecule has 0 fully saturated rings. The molecule has 0 aliphatic carbocycles. The Morgan fingerprint density at radius 2 is 1.62 bits per heavy atom. The van der Waals surface area contributed by atoms with Crippen molar-refractivity contribution in [1.29, 1.82) is 0 Å². The molecule has 0 amide bonds. The first kappa shape index (κ1) is 16.5. The highest BCUT2D eigenvalue weighted by Gasteiger charge is 2.34. The zero-order valence-corrected chi connectivity index (χ0v) is 18.0. The number of nitrogens with zero attached hydrogens (tertiary/aromatic N) is 1. The highest BCUT2D eigenvalue weighted by molar-refractivity contribution is 5.63. The van der Waals surface area contributed by atoms with Crippen molar-refractivity contribution in [3.8, 4) is 11.3 Å². The van der Waals surface area contributed by atoms with Gasteiger partial charge >= 0.3 is 0 Å². The summed E-state index contributed by atoms with van der Waals surface area (Å²) in [6.45, 7) is 13.8. The first-order valence-electron chi connectivity index (χ1n) is 11.5. The maximum Gasteiger partial charge on any atom is 0.212 e. The van der Waals surface area contributed by atoms with Crippen LogP contribution in [0.3, 0.4) is 0 Å². The average molecular weight is 356 g/mol. The van der Waals surface area contributed by atoms with E-state index in [1.165, 1.54) is 11.1 Å². The number of benzene rings is 1. The summed E-state index contributed by atoms with van der Waals surface area (Å²) >= 11 is 0. The van der Waals surface area contributed by atoms with Crippen LogP contribution in [0.1, 0.15) is 87.2 Å². The van der Waals surface area contributed by atoms with Crippen molar-refractivity contribution in [2.75, 3.05) is 0 Å². The normalized spacial score (nSPS) is 14.7. The minimum atomic E-state index is -2.07. The lowest BCUT2D eigenvalue weighted by Crippen LogP contribution is -2.37. The molecule has 0 saturated heterocycles. The molecule has 0 saturated carbocycles. The second-order valence-electron chi connectivity index (χ2n) is 8.63. The molecule has 1 nitrogen and oxygen atoms in total. The van der Waals surface area contributed by atoms with Crippen LogP contribution in [-0.2, 0) is 17.9 Å². The fourth-order valence-electron chi connectivity index (χ4n) is 3.73. The predicted octanol–water partition coefficient (Wildman–Crippen LogP) is 6.56. The minimum absolute atomic E-state index is 0.0946. The van der Waals surface area contributed by atoms with E-state index < -0.39 is 6.85 Å². The van der Waals surface area contributed by atoms with Crippen LogP contribution in [0.4, 0.5) is 0 Å². The van der Waals surface area contributed by atoms with Crippen molar-refractivity contribution in [3.63, 3.8) is 0 Å².